The van der Waals surface area contributed by atoms with E-state index in [1.165, 1.54) is 0 Å². The molecule has 110 valence electrons. The molecule has 0 aliphatic heterocycles. The number of phenols is 1. The lowest BCUT2D eigenvalue weighted by atomic mass is 10.2. The number of para-hydroxylation sites is 1. The third-order valence-corrected chi connectivity index (χ3v) is 2.92. The number of rotatable bonds is 5. The van der Waals surface area contributed by atoms with Gasteiger partial charge in [-0.1, -0.05) is 62.1 Å². The van der Waals surface area contributed by atoms with Crippen LogP contribution in [0.15, 0.2) is 79.4 Å². The van der Waals surface area contributed by atoms with Crippen LogP contribution in [0.4, 0.5) is 5.69 Å². The maximum absolute atomic E-state index is 9.28. The van der Waals surface area contributed by atoms with Crippen LogP contribution in [0, 0.1) is 0 Å². The molecule has 2 rings (SSSR count). The molecular formula is C19H23NO. The highest BCUT2D eigenvalue weighted by Crippen LogP contribution is 2.13. The maximum atomic E-state index is 9.28. The molecule has 0 saturated heterocycles. The van der Waals surface area contributed by atoms with Crippen molar-refractivity contribution in [2.45, 2.75) is 19.9 Å². The van der Waals surface area contributed by atoms with Gasteiger partial charge in [-0.2, -0.15) is 0 Å². The van der Waals surface area contributed by atoms with Gasteiger partial charge in [0.1, 0.15) is 5.75 Å². The molecule has 0 saturated carbocycles. The molecule has 0 fully saturated rings. The smallest absolute Gasteiger partial charge is 0.115 e. The Kier molecular flexibility index (Phi) is 7.44. The molecule has 21 heavy (non-hydrogen) atoms. The van der Waals surface area contributed by atoms with Crippen molar-refractivity contribution in [3.8, 4) is 5.75 Å². The fraction of sp³-hybridized carbons (Fsp3) is 0.158. The highest BCUT2D eigenvalue weighted by atomic mass is 16.3. The minimum atomic E-state index is 0.308. The topological polar surface area (TPSA) is 32.3 Å². The van der Waals surface area contributed by atoms with Gasteiger partial charge >= 0.3 is 0 Å². The van der Waals surface area contributed by atoms with Gasteiger partial charge in [-0.15, -0.1) is 0 Å². The molecule has 0 aromatic heterocycles. The second-order valence-corrected chi connectivity index (χ2v) is 4.61. The SMILES string of the molecule is C=CC(=C)CC.Oc1cccc(CNc2ccccc2)c1. The Morgan fingerprint density at radius 3 is 2.38 bits per heavy atom. The van der Waals surface area contributed by atoms with E-state index in [1.54, 1.807) is 18.2 Å². The number of nitrogens with one attached hydrogen (secondary N) is 1. The number of allylic oxidation sites excluding steroid dienone is 2. The molecule has 0 bridgehead atoms. The summed E-state index contributed by atoms with van der Waals surface area (Å²) in [7, 11) is 0. The second-order valence-electron chi connectivity index (χ2n) is 4.61. The Balaban J connectivity index is 0.000000315. The van der Waals surface area contributed by atoms with Crippen LogP contribution in [-0.4, -0.2) is 5.11 Å². The summed E-state index contributed by atoms with van der Waals surface area (Å²) in [6.45, 7) is 9.99. The summed E-state index contributed by atoms with van der Waals surface area (Å²) in [5.41, 5.74) is 3.26. The number of aromatic hydroxyl groups is 1. The van der Waals surface area contributed by atoms with Gasteiger partial charge in [0.2, 0.25) is 0 Å². The molecule has 2 aromatic rings. The number of hydrogen-bond acceptors (Lipinski definition) is 2. The van der Waals surface area contributed by atoms with Gasteiger partial charge in [0.05, 0.1) is 0 Å². The van der Waals surface area contributed by atoms with Gasteiger partial charge in [-0.25, -0.2) is 0 Å². The van der Waals surface area contributed by atoms with Crippen molar-refractivity contribution in [2.24, 2.45) is 0 Å². The van der Waals surface area contributed by atoms with Gasteiger partial charge in [0.15, 0.2) is 0 Å². The van der Waals surface area contributed by atoms with Crippen molar-refractivity contribution in [2.75, 3.05) is 5.32 Å². The molecule has 2 nitrogen and oxygen atoms in total. The minimum Gasteiger partial charge on any atom is -0.508 e. The van der Waals surface area contributed by atoms with Crippen molar-refractivity contribution in [1.29, 1.82) is 0 Å². The number of anilines is 1. The molecule has 0 spiro atoms. The Hall–Kier alpha value is -2.48. The predicted molar refractivity (Wildman–Crippen MR) is 91.5 cm³/mol. The van der Waals surface area contributed by atoms with Crippen LogP contribution in [0.25, 0.3) is 0 Å². The van der Waals surface area contributed by atoms with E-state index in [0.29, 0.717) is 5.75 Å². The number of hydrogen-bond donors (Lipinski definition) is 2. The normalized spacial score (nSPS) is 9.19. The molecule has 2 heteroatoms. The summed E-state index contributed by atoms with van der Waals surface area (Å²) in [6, 6.07) is 17.3. The van der Waals surface area contributed by atoms with Crippen LogP contribution < -0.4 is 5.32 Å². The number of benzene rings is 2. The van der Waals surface area contributed by atoms with Gasteiger partial charge in [0, 0.05) is 12.2 Å². The average Bonchev–Trinajstić information content (AvgIpc) is 2.54. The van der Waals surface area contributed by atoms with Gasteiger partial charge in [-0.3, -0.25) is 0 Å². The van der Waals surface area contributed by atoms with E-state index >= 15 is 0 Å². The largest absolute Gasteiger partial charge is 0.508 e. The summed E-state index contributed by atoms with van der Waals surface area (Å²) in [6.07, 6.45) is 2.80. The molecule has 0 heterocycles. The molecule has 0 aliphatic rings. The maximum Gasteiger partial charge on any atom is 0.115 e. The monoisotopic (exact) mass is 281 g/mol. The molecule has 2 N–H and O–H groups in total. The Morgan fingerprint density at radius 1 is 1.14 bits per heavy atom. The van der Waals surface area contributed by atoms with Gasteiger partial charge in [0.25, 0.3) is 0 Å². The standard InChI is InChI=1S/C13H13NO.C6H10/c15-13-8-4-5-11(9-13)10-14-12-6-2-1-3-7-12;1-4-6(3)5-2/h1-9,14-15H,10H2;4H,1,3,5H2,2H3. The summed E-state index contributed by atoms with van der Waals surface area (Å²) in [5.74, 6) is 0.308. The summed E-state index contributed by atoms with van der Waals surface area (Å²) in [4.78, 5) is 0. The summed E-state index contributed by atoms with van der Waals surface area (Å²) < 4.78 is 0. The van der Waals surface area contributed by atoms with Crippen LogP contribution in [0.5, 0.6) is 5.75 Å². The van der Waals surface area contributed by atoms with E-state index in [2.05, 4.69) is 25.4 Å². The van der Waals surface area contributed by atoms with Crippen LogP contribution in [-0.2, 0) is 6.54 Å². The van der Waals surface area contributed by atoms with E-state index in [9.17, 15) is 5.11 Å². The first-order valence-electron chi connectivity index (χ1n) is 7.02. The summed E-state index contributed by atoms with van der Waals surface area (Å²) >= 11 is 0. The first-order chi connectivity index (χ1) is 10.2. The van der Waals surface area contributed by atoms with Crippen LogP contribution >= 0.6 is 0 Å². The Bertz CT molecular complexity index is 561. The minimum absolute atomic E-state index is 0.308. The van der Waals surface area contributed by atoms with Crippen molar-refractivity contribution >= 4 is 5.69 Å². The lowest BCUT2D eigenvalue weighted by molar-refractivity contribution is 0.474. The second kappa shape index (κ2) is 9.43. The average molecular weight is 281 g/mol. The van der Waals surface area contributed by atoms with Crippen LogP contribution in [0.3, 0.4) is 0 Å². The quantitative estimate of drug-likeness (QED) is 0.743. The van der Waals surface area contributed by atoms with E-state index < -0.39 is 0 Å². The van der Waals surface area contributed by atoms with Crippen molar-refractivity contribution in [3.05, 3.63) is 85.0 Å². The van der Waals surface area contributed by atoms with E-state index in [-0.39, 0.29) is 0 Å². The van der Waals surface area contributed by atoms with E-state index in [0.717, 1.165) is 29.8 Å². The first-order valence-corrected chi connectivity index (χ1v) is 7.02. The third kappa shape index (κ3) is 7.02. The fourth-order valence-electron chi connectivity index (χ4n) is 1.57. The first kappa shape index (κ1) is 16.6. The zero-order chi connectivity index (χ0) is 15.5. The predicted octanol–water partition coefficient (Wildman–Crippen LogP) is 5.14. The molecule has 0 amide bonds. The number of phenolic OH excluding ortho intramolecular Hbond substituents is 1. The van der Waals surface area contributed by atoms with Crippen molar-refractivity contribution < 1.29 is 5.11 Å². The fourth-order valence-corrected chi connectivity index (χ4v) is 1.57. The molecule has 0 unspecified atom stereocenters. The van der Waals surface area contributed by atoms with Crippen LogP contribution in [0.2, 0.25) is 0 Å². The zero-order valence-electron chi connectivity index (χ0n) is 12.5. The molecule has 0 aliphatic carbocycles. The van der Waals surface area contributed by atoms with Crippen molar-refractivity contribution in [3.63, 3.8) is 0 Å². The Labute approximate surface area is 127 Å². The Morgan fingerprint density at radius 2 is 1.86 bits per heavy atom. The van der Waals surface area contributed by atoms with Crippen LogP contribution in [0.1, 0.15) is 18.9 Å². The van der Waals surface area contributed by atoms with Crippen molar-refractivity contribution in [1.82, 2.24) is 0 Å². The molecular weight excluding hydrogens is 258 g/mol. The highest BCUT2D eigenvalue weighted by Gasteiger charge is 1.94. The van der Waals surface area contributed by atoms with E-state index in [1.807, 2.05) is 42.5 Å². The molecule has 2 aromatic carbocycles. The lowest BCUT2D eigenvalue weighted by Crippen LogP contribution is -1.98. The van der Waals surface area contributed by atoms with E-state index in [4.69, 9.17) is 0 Å². The summed E-state index contributed by atoms with van der Waals surface area (Å²) in [5, 5.41) is 12.6. The van der Waals surface area contributed by atoms with Gasteiger partial charge in [-0.05, 0) is 36.2 Å². The highest BCUT2D eigenvalue weighted by molar-refractivity contribution is 5.43. The molecule has 0 atom stereocenters. The zero-order valence-corrected chi connectivity index (χ0v) is 12.5. The van der Waals surface area contributed by atoms with Gasteiger partial charge < -0.3 is 10.4 Å². The lowest BCUT2D eigenvalue weighted by Gasteiger charge is -2.06. The third-order valence-electron chi connectivity index (χ3n) is 2.92. The molecule has 0 radical (unpaired) electrons.